The number of aliphatic hydroxyl groups excluding tert-OH is 1. The molecule has 160 valence electrons. The van der Waals surface area contributed by atoms with E-state index >= 15 is 0 Å². The molecule has 29 heavy (non-hydrogen) atoms. The topological polar surface area (TPSA) is 126 Å². The van der Waals surface area contributed by atoms with Crippen molar-refractivity contribution in [2.24, 2.45) is 5.92 Å². The Morgan fingerprint density at radius 2 is 2.03 bits per heavy atom. The number of aromatic nitrogens is 5. The summed E-state index contributed by atoms with van der Waals surface area (Å²) in [5.74, 6) is 0.0786. The van der Waals surface area contributed by atoms with E-state index in [0.717, 1.165) is 31.6 Å². The Labute approximate surface area is 174 Å². The highest BCUT2D eigenvalue weighted by atomic mass is 32.2. The summed E-state index contributed by atoms with van der Waals surface area (Å²) >= 11 is 1.57. The van der Waals surface area contributed by atoms with Crippen LogP contribution in [0.4, 0.5) is 5.82 Å². The van der Waals surface area contributed by atoms with Crippen molar-refractivity contribution in [1.82, 2.24) is 25.0 Å². The maximum absolute atomic E-state index is 11.4. The van der Waals surface area contributed by atoms with Crippen molar-refractivity contribution >= 4 is 34.7 Å². The van der Waals surface area contributed by atoms with E-state index in [-0.39, 0.29) is 6.42 Å². The number of aliphatic carboxylic acids is 1. The van der Waals surface area contributed by atoms with Crippen LogP contribution in [0.15, 0.2) is 5.16 Å². The zero-order valence-electron chi connectivity index (χ0n) is 17.0. The van der Waals surface area contributed by atoms with E-state index in [1.165, 1.54) is 12.8 Å². The van der Waals surface area contributed by atoms with E-state index in [0.29, 0.717) is 28.6 Å². The molecule has 2 aromatic rings. The number of unbranched alkanes of at least 4 members (excludes halogenated alkanes) is 3. The van der Waals surface area contributed by atoms with E-state index < -0.39 is 24.0 Å². The van der Waals surface area contributed by atoms with Crippen LogP contribution in [-0.2, 0) is 4.79 Å². The minimum atomic E-state index is -0.890. The van der Waals surface area contributed by atoms with Gasteiger partial charge in [0.25, 0.3) is 0 Å². The second-order valence-electron chi connectivity index (χ2n) is 7.54. The number of nitrogens with one attached hydrogen (secondary N) is 1. The van der Waals surface area contributed by atoms with Gasteiger partial charge in [0.15, 0.2) is 22.1 Å². The average Bonchev–Trinajstić information content (AvgIpc) is 3.29. The Morgan fingerprint density at radius 3 is 2.72 bits per heavy atom. The molecular weight excluding hydrogens is 392 g/mol. The molecule has 3 rings (SSSR count). The summed E-state index contributed by atoms with van der Waals surface area (Å²) in [5.41, 5.74) is 1.11. The number of hydrogen-bond donors (Lipinski definition) is 3. The highest BCUT2D eigenvalue weighted by Crippen LogP contribution is 2.36. The van der Waals surface area contributed by atoms with Crippen molar-refractivity contribution in [3.05, 3.63) is 0 Å². The van der Waals surface area contributed by atoms with Gasteiger partial charge in [0.2, 0.25) is 0 Å². The van der Waals surface area contributed by atoms with E-state index in [9.17, 15) is 15.0 Å². The number of aliphatic hydroxyl groups is 1. The molecule has 0 amide bonds. The molecule has 1 fully saturated rings. The van der Waals surface area contributed by atoms with Gasteiger partial charge < -0.3 is 15.5 Å². The summed E-state index contributed by atoms with van der Waals surface area (Å²) in [6.45, 7) is 5.08. The molecule has 1 aliphatic rings. The van der Waals surface area contributed by atoms with Crippen molar-refractivity contribution in [3.63, 3.8) is 0 Å². The predicted octanol–water partition coefficient (Wildman–Crippen LogP) is 3.11. The smallest absolute Gasteiger partial charge is 0.306 e. The first kappa shape index (κ1) is 21.8. The third-order valence-corrected chi connectivity index (χ3v) is 6.27. The van der Waals surface area contributed by atoms with Crippen LogP contribution in [0.2, 0.25) is 0 Å². The first-order chi connectivity index (χ1) is 14.0. The Kier molecular flexibility index (Phi) is 7.65. The molecule has 3 N–H and O–H groups in total. The number of nitrogens with zero attached hydrogens (tertiary/aromatic N) is 5. The van der Waals surface area contributed by atoms with Crippen molar-refractivity contribution in [1.29, 1.82) is 0 Å². The molecule has 0 bridgehead atoms. The van der Waals surface area contributed by atoms with E-state index in [1.807, 2.05) is 0 Å². The van der Waals surface area contributed by atoms with Gasteiger partial charge in [-0.25, -0.2) is 14.6 Å². The predicted molar refractivity (Wildman–Crippen MR) is 112 cm³/mol. The van der Waals surface area contributed by atoms with E-state index in [2.05, 4.69) is 39.4 Å². The van der Waals surface area contributed by atoms with E-state index in [4.69, 9.17) is 0 Å². The van der Waals surface area contributed by atoms with Gasteiger partial charge in [-0.2, -0.15) is 0 Å². The Balaban J connectivity index is 1.87. The van der Waals surface area contributed by atoms with Crippen molar-refractivity contribution in [2.45, 2.75) is 76.1 Å². The Bertz CT molecular complexity index is 830. The SMILES string of the molecule is CCCCCCNc1nc(SCCC)nc2c1nnn2[C@@H]1C[C@H](C(=O)O)C[C@H]1O. The van der Waals surface area contributed by atoms with Crippen molar-refractivity contribution in [3.8, 4) is 0 Å². The first-order valence-electron chi connectivity index (χ1n) is 10.5. The van der Waals surface area contributed by atoms with Gasteiger partial charge >= 0.3 is 5.97 Å². The van der Waals surface area contributed by atoms with Crippen molar-refractivity contribution < 1.29 is 15.0 Å². The van der Waals surface area contributed by atoms with Crippen LogP contribution in [-0.4, -0.2) is 59.5 Å². The van der Waals surface area contributed by atoms with Gasteiger partial charge in [-0.15, -0.1) is 5.10 Å². The molecular formula is C19H30N6O3S. The van der Waals surface area contributed by atoms with Gasteiger partial charge in [0, 0.05) is 12.3 Å². The molecule has 1 saturated carbocycles. The number of carboxylic acid groups (broad SMARTS) is 1. The molecule has 0 spiro atoms. The van der Waals surface area contributed by atoms with Crippen LogP contribution in [0.25, 0.3) is 11.2 Å². The molecule has 0 unspecified atom stereocenters. The number of thioether (sulfide) groups is 1. The van der Waals surface area contributed by atoms with Gasteiger partial charge in [-0.1, -0.05) is 50.1 Å². The van der Waals surface area contributed by atoms with Gasteiger partial charge in [0.05, 0.1) is 18.1 Å². The maximum atomic E-state index is 11.4. The molecule has 0 aliphatic heterocycles. The van der Waals surface area contributed by atoms with Crippen LogP contribution in [0.1, 0.15) is 64.8 Å². The molecule has 0 radical (unpaired) electrons. The molecule has 2 heterocycles. The molecule has 10 heteroatoms. The minimum absolute atomic E-state index is 0.215. The molecule has 0 saturated heterocycles. The molecule has 1 aliphatic carbocycles. The standard InChI is InChI=1S/C19H30N6O3S/c1-3-5-6-7-8-20-16-15-17(22-19(21-16)29-9-4-2)25(24-23-15)13-10-12(18(27)28)11-14(13)26/h12-14,26H,3-11H2,1-2H3,(H,27,28)(H,20,21,22)/t12-,13+,14+/m0/s1. The molecule has 0 aromatic carbocycles. The number of anilines is 1. The van der Waals surface area contributed by atoms with E-state index in [1.54, 1.807) is 16.4 Å². The summed E-state index contributed by atoms with van der Waals surface area (Å²) in [6.07, 6.45) is 5.35. The maximum Gasteiger partial charge on any atom is 0.306 e. The second-order valence-corrected chi connectivity index (χ2v) is 8.60. The minimum Gasteiger partial charge on any atom is -0.481 e. The fourth-order valence-corrected chi connectivity index (χ4v) is 4.32. The second kappa shape index (κ2) is 10.2. The normalized spacial score (nSPS) is 21.7. The number of carbonyl (C=O) groups is 1. The Morgan fingerprint density at radius 1 is 1.21 bits per heavy atom. The zero-order chi connectivity index (χ0) is 20.8. The van der Waals surface area contributed by atoms with Crippen LogP contribution < -0.4 is 5.32 Å². The monoisotopic (exact) mass is 422 g/mol. The van der Waals surface area contributed by atoms with Gasteiger partial charge in [0.1, 0.15) is 0 Å². The lowest BCUT2D eigenvalue weighted by molar-refractivity contribution is -0.141. The molecule has 3 atom stereocenters. The number of hydrogen-bond acceptors (Lipinski definition) is 8. The first-order valence-corrected chi connectivity index (χ1v) is 11.4. The highest BCUT2D eigenvalue weighted by molar-refractivity contribution is 7.99. The van der Waals surface area contributed by atoms with Crippen LogP contribution in [0, 0.1) is 5.92 Å². The lowest BCUT2D eigenvalue weighted by Gasteiger charge is -2.15. The lowest BCUT2D eigenvalue weighted by Crippen LogP contribution is -2.20. The third-order valence-electron chi connectivity index (χ3n) is 5.22. The molecule has 2 aromatic heterocycles. The summed E-state index contributed by atoms with van der Waals surface area (Å²) in [4.78, 5) is 20.6. The van der Waals surface area contributed by atoms with Crippen LogP contribution in [0.3, 0.4) is 0 Å². The zero-order valence-corrected chi connectivity index (χ0v) is 17.9. The largest absolute Gasteiger partial charge is 0.481 e. The number of rotatable bonds is 11. The van der Waals surface area contributed by atoms with Crippen LogP contribution in [0.5, 0.6) is 0 Å². The average molecular weight is 423 g/mol. The van der Waals surface area contributed by atoms with Gasteiger partial charge in [-0.05, 0) is 25.7 Å². The quantitative estimate of drug-likeness (QED) is 0.284. The third kappa shape index (κ3) is 5.16. The summed E-state index contributed by atoms with van der Waals surface area (Å²) < 4.78 is 1.59. The highest BCUT2D eigenvalue weighted by Gasteiger charge is 2.39. The molecule has 9 nitrogen and oxygen atoms in total. The van der Waals surface area contributed by atoms with Crippen molar-refractivity contribution in [2.75, 3.05) is 17.6 Å². The number of fused-ring (bicyclic) bond motifs is 1. The fourth-order valence-electron chi connectivity index (χ4n) is 3.63. The summed E-state index contributed by atoms with van der Waals surface area (Å²) in [5, 5.41) is 32.2. The fraction of sp³-hybridized carbons (Fsp3) is 0.737. The number of carboxylic acids is 1. The van der Waals surface area contributed by atoms with Gasteiger partial charge in [-0.3, -0.25) is 4.79 Å². The Hall–Kier alpha value is -1.94. The summed E-state index contributed by atoms with van der Waals surface area (Å²) in [6, 6.07) is -0.447. The summed E-state index contributed by atoms with van der Waals surface area (Å²) in [7, 11) is 0. The lowest BCUT2D eigenvalue weighted by atomic mass is 10.1. The van der Waals surface area contributed by atoms with Crippen LogP contribution >= 0.6 is 11.8 Å².